The summed E-state index contributed by atoms with van der Waals surface area (Å²) in [6, 6.07) is 0. The van der Waals surface area contributed by atoms with Crippen LogP contribution in [0.3, 0.4) is 0 Å². The third-order valence-electron chi connectivity index (χ3n) is 1.67. The van der Waals surface area contributed by atoms with Crippen molar-refractivity contribution in [3.63, 3.8) is 0 Å². The number of aryl methyl sites for hydroxylation is 1. The molecule has 0 saturated heterocycles. The lowest BCUT2D eigenvalue weighted by Gasteiger charge is -2.04. The van der Waals surface area contributed by atoms with Gasteiger partial charge in [0.05, 0.1) is 17.3 Å². The van der Waals surface area contributed by atoms with E-state index in [2.05, 4.69) is 9.97 Å². The van der Waals surface area contributed by atoms with E-state index in [1.54, 1.807) is 19.3 Å². The van der Waals surface area contributed by atoms with E-state index in [4.69, 9.17) is 5.73 Å². The lowest BCUT2D eigenvalue weighted by atomic mass is 10.1. The molecule has 0 fully saturated rings. The van der Waals surface area contributed by atoms with Crippen LogP contribution in [0.5, 0.6) is 0 Å². The Morgan fingerprint density at radius 3 is 2.58 bits per heavy atom. The molecule has 1 aromatic heterocycles. The van der Waals surface area contributed by atoms with Gasteiger partial charge in [-0.1, -0.05) is 0 Å². The van der Waals surface area contributed by atoms with Crippen molar-refractivity contribution in [3.8, 4) is 0 Å². The van der Waals surface area contributed by atoms with Crippen LogP contribution >= 0.6 is 0 Å². The highest BCUT2D eigenvalue weighted by atomic mass is 16.1. The summed E-state index contributed by atoms with van der Waals surface area (Å²) in [5.74, 6) is -0.744. The second-order valence-electron chi connectivity index (χ2n) is 2.71. The second kappa shape index (κ2) is 3.30. The Kier molecular flexibility index (Phi) is 2.38. The Hall–Kier alpha value is -1.45. The zero-order valence-corrected chi connectivity index (χ0v) is 7.11. The highest BCUT2D eigenvalue weighted by Crippen LogP contribution is 2.09. The number of hydrogen-bond donors (Lipinski definition) is 1. The normalized spacial score (nSPS) is 12.5. The van der Waals surface area contributed by atoms with Gasteiger partial charge in [0.1, 0.15) is 0 Å². The van der Waals surface area contributed by atoms with Gasteiger partial charge in [0.2, 0.25) is 5.91 Å². The van der Waals surface area contributed by atoms with Crippen LogP contribution in [0.4, 0.5) is 0 Å². The molecule has 1 atom stereocenters. The van der Waals surface area contributed by atoms with E-state index < -0.39 is 0 Å². The van der Waals surface area contributed by atoms with Crippen molar-refractivity contribution in [1.82, 2.24) is 9.97 Å². The lowest BCUT2D eigenvalue weighted by molar-refractivity contribution is -0.119. The Morgan fingerprint density at radius 2 is 2.17 bits per heavy atom. The van der Waals surface area contributed by atoms with Crippen LogP contribution in [0.2, 0.25) is 0 Å². The molecule has 4 nitrogen and oxygen atoms in total. The molecule has 0 aliphatic rings. The third kappa shape index (κ3) is 1.78. The molecule has 0 aliphatic carbocycles. The highest BCUT2D eigenvalue weighted by Gasteiger charge is 2.12. The summed E-state index contributed by atoms with van der Waals surface area (Å²) < 4.78 is 0. The molecule has 0 saturated carbocycles. The van der Waals surface area contributed by atoms with E-state index in [0.29, 0.717) is 5.69 Å². The zero-order chi connectivity index (χ0) is 9.14. The van der Waals surface area contributed by atoms with Crippen molar-refractivity contribution in [2.24, 2.45) is 5.73 Å². The van der Waals surface area contributed by atoms with Crippen molar-refractivity contribution in [3.05, 3.63) is 23.8 Å². The SMILES string of the molecule is Cc1cnc(C(C)C(N)=O)cn1. The van der Waals surface area contributed by atoms with E-state index in [1.165, 1.54) is 0 Å². The lowest BCUT2D eigenvalue weighted by Crippen LogP contribution is -2.19. The predicted molar refractivity (Wildman–Crippen MR) is 44.4 cm³/mol. The molecule has 0 spiro atoms. The molecule has 4 heteroatoms. The van der Waals surface area contributed by atoms with E-state index >= 15 is 0 Å². The summed E-state index contributed by atoms with van der Waals surface area (Å²) >= 11 is 0. The van der Waals surface area contributed by atoms with Crippen molar-refractivity contribution >= 4 is 5.91 Å². The van der Waals surface area contributed by atoms with Gasteiger partial charge in [-0.15, -0.1) is 0 Å². The fourth-order valence-electron chi connectivity index (χ4n) is 0.772. The van der Waals surface area contributed by atoms with E-state index in [0.717, 1.165) is 5.69 Å². The first kappa shape index (κ1) is 8.64. The van der Waals surface area contributed by atoms with Gasteiger partial charge in [-0.2, -0.15) is 0 Å². The number of hydrogen-bond acceptors (Lipinski definition) is 3. The molecule has 64 valence electrons. The Morgan fingerprint density at radius 1 is 1.50 bits per heavy atom. The third-order valence-corrected chi connectivity index (χ3v) is 1.67. The maximum absolute atomic E-state index is 10.7. The standard InChI is InChI=1S/C8H11N3O/c1-5-3-11-7(4-10-5)6(2)8(9)12/h3-4,6H,1-2H3,(H2,9,12). The van der Waals surface area contributed by atoms with Crippen LogP contribution in [0.25, 0.3) is 0 Å². The van der Waals surface area contributed by atoms with Gasteiger partial charge in [-0.3, -0.25) is 14.8 Å². The van der Waals surface area contributed by atoms with Crippen LogP contribution in [0.1, 0.15) is 24.2 Å². The van der Waals surface area contributed by atoms with Gasteiger partial charge in [-0.05, 0) is 13.8 Å². The van der Waals surface area contributed by atoms with E-state index in [-0.39, 0.29) is 11.8 Å². The summed E-state index contributed by atoms with van der Waals surface area (Å²) in [6.07, 6.45) is 3.19. The first-order chi connectivity index (χ1) is 5.61. The predicted octanol–water partition coefficient (Wildman–Crippen LogP) is 0.374. The molecular formula is C8H11N3O. The molecular weight excluding hydrogens is 154 g/mol. The largest absolute Gasteiger partial charge is 0.369 e. The Bertz CT molecular complexity index is 281. The van der Waals surface area contributed by atoms with Crippen LogP contribution in [-0.2, 0) is 4.79 Å². The van der Waals surface area contributed by atoms with Gasteiger partial charge < -0.3 is 5.73 Å². The summed E-state index contributed by atoms with van der Waals surface area (Å²) in [5.41, 5.74) is 6.55. The van der Waals surface area contributed by atoms with Gasteiger partial charge in [0.15, 0.2) is 0 Å². The second-order valence-corrected chi connectivity index (χ2v) is 2.71. The number of primary amides is 1. The highest BCUT2D eigenvalue weighted by molar-refractivity contribution is 5.80. The quantitative estimate of drug-likeness (QED) is 0.688. The number of rotatable bonds is 2. The minimum Gasteiger partial charge on any atom is -0.369 e. The van der Waals surface area contributed by atoms with Gasteiger partial charge in [-0.25, -0.2) is 0 Å². The van der Waals surface area contributed by atoms with Crippen molar-refractivity contribution in [2.75, 3.05) is 0 Å². The smallest absolute Gasteiger partial charge is 0.226 e. The topological polar surface area (TPSA) is 68.9 Å². The zero-order valence-electron chi connectivity index (χ0n) is 7.11. The first-order valence-electron chi connectivity index (χ1n) is 3.69. The average Bonchev–Trinajstić information content (AvgIpc) is 2.04. The van der Waals surface area contributed by atoms with Crippen molar-refractivity contribution < 1.29 is 4.79 Å². The summed E-state index contributed by atoms with van der Waals surface area (Å²) in [5, 5.41) is 0. The minimum absolute atomic E-state index is 0.363. The Balaban J connectivity index is 2.89. The molecule has 0 aliphatic heterocycles. The van der Waals surface area contributed by atoms with Gasteiger partial charge >= 0.3 is 0 Å². The number of carbonyl (C=O) groups excluding carboxylic acids is 1. The van der Waals surface area contributed by atoms with Crippen molar-refractivity contribution in [2.45, 2.75) is 19.8 Å². The molecule has 1 amide bonds. The van der Waals surface area contributed by atoms with E-state index in [1.807, 2.05) is 6.92 Å². The monoisotopic (exact) mass is 165 g/mol. The Labute approximate surface area is 70.8 Å². The summed E-state index contributed by atoms with van der Waals surface area (Å²) in [6.45, 7) is 3.55. The maximum atomic E-state index is 10.7. The number of nitrogens with two attached hydrogens (primary N) is 1. The van der Waals surface area contributed by atoms with E-state index in [9.17, 15) is 4.79 Å². The molecule has 0 aromatic carbocycles. The average molecular weight is 165 g/mol. The molecule has 1 heterocycles. The maximum Gasteiger partial charge on any atom is 0.226 e. The number of nitrogens with zero attached hydrogens (tertiary/aromatic N) is 2. The first-order valence-corrected chi connectivity index (χ1v) is 3.69. The molecule has 12 heavy (non-hydrogen) atoms. The molecule has 1 rings (SSSR count). The molecule has 0 bridgehead atoms. The molecule has 2 N–H and O–H groups in total. The molecule has 0 radical (unpaired) electrons. The molecule has 1 unspecified atom stereocenters. The molecule has 1 aromatic rings. The summed E-state index contributed by atoms with van der Waals surface area (Å²) in [4.78, 5) is 18.8. The van der Waals surface area contributed by atoms with Crippen LogP contribution in [-0.4, -0.2) is 15.9 Å². The van der Waals surface area contributed by atoms with Gasteiger partial charge in [0.25, 0.3) is 0 Å². The fraction of sp³-hybridized carbons (Fsp3) is 0.375. The van der Waals surface area contributed by atoms with Crippen LogP contribution in [0, 0.1) is 6.92 Å². The van der Waals surface area contributed by atoms with Crippen molar-refractivity contribution in [1.29, 1.82) is 0 Å². The summed E-state index contributed by atoms with van der Waals surface area (Å²) in [7, 11) is 0. The number of amides is 1. The number of aromatic nitrogens is 2. The van der Waals surface area contributed by atoms with Crippen LogP contribution < -0.4 is 5.73 Å². The van der Waals surface area contributed by atoms with Gasteiger partial charge in [0, 0.05) is 12.4 Å². The van der Waals surface area contributed by atoms with Crippen LogP contribution in [0.15, 0.2) is 12.4 Å². The fourth-order valence-corrected chi connectivity index (χ4v) is 0.772. The minimum atomic E-state index is -0.381. The number of carbonyl (C=O) groups is 1.